The number of ether oxygens (including phenoxy) is 2. The SMILES string of the molecule is COc1ccc(OC)c(N(CC(=O)NN=C2CCN(C)CC2)S(=O)(=O)c2ccccc2)c1. The monoisotopic (exact) mass is 460 g/mol. The maximum Gasteiger partial charge on any atom is 0.264 e. The van der Waals surface area contributed by atoms with Crippen molar-refractivity contribution in [3.63, 3.8) is 0 Å². The Kier molecular flexibility index (Phi) is 7.70. The molecule has 0 aromatic heterocycles. The Morgan fingerprint density at radius 3 is 2.41 bits per heavy atom. The first-order chi connectivity index (χ1) is 15.3. The molecule has 0 atom stereocenters. The highest BCUT2D eigenvalue weighted by Crippen LogP contribution is 2.35. The van der Waals surface area contributed by atoms with E-state index in [2.05, 4.69) is 15.4 Å². The highest BCUT2D eigenvalue weighted by Gasteiger charge is 2.30. The lowest BCUT2D eigenvalue weighted by molar-refractivity contribution is -0.119. The number of amides is 1. The summed E-state index contributed by atoms with van der Waals surface area (Å²) in [6.07, 6.45) is 1.51. The molecule has 0 aliphatic carbocycles. The van der Waals surface area contributed by atoms with Crippen LogP contribution in [0.15, 0.2) is 58.5 Å². The third kappa shape index (κ3) is 5.57. The first kappa shape index (κ1) is 23.6. The number of carbonyl (C=O) groups is 1. The highest BCUT2D eigenvalue weighted by molar-refractivity contribution is 7.92. The smallest absolute Gasteiger partial charge is 0.264 e. The molecule has 10 heteroatoms. The lowest BCUT2D eigenvalue weighted by Gasteiger charge is -2.26. The Morgan fingerprint density at radius 2 is 1.78 bits per heavy atom. The molecule has 1 amide bonds. The Balaban J connectivity index is 1.93. The van der Waals surface area contributed by atoms with Gasteiger partial charge in [-0.05, 0) is 31.3 Å². The first-order valence-corrected chi connectivity index (χ1v) is 11.6. The van der Waals surface area contributed by atoms with Gasteiger partial charge in [-0.15, -0.1) is 0 Å². The van der Waals surface area contributed by atoms with E-state index in [0.29, 0.717) is 11.5 Å². The van der Waals surface area contributed by atoms with Crippen molar-refractivity contribution in [3.05, 3.63) is 48.5 Å². The maximum atomic E-state index is 13.5. The number of hydrazone groups is 1. The predicted octanol–water partition coefficient (Wildman–Crippen LogP) is 2.10. The van der Waals surface area contributed by atoms with Crippen LogP contribution in [0.1, 0.15) is 12.8 Å². The largest absolute Gasteiger partial charge is 0.497 e. The standard InChI is InChI=1S/C22H28N4O5S/c1-25-13-11-17(12-14-25)23-24-22(27)16-26(32(28,29)19-7-5-4-6-8-19)20-15-18(30-2)9-10-21(20)31-3/h4-10,15H,11-14,16H2,1-3H3,(H,24,27). The molecule has 1 aliphatic rings. The summed E-state index contributed by atoms with van der Waals surface area (Å²) >= 11 is 0. The zero-order valence-electron chi connectivity index (χ0n) is 18.4. The minimum atomic E-state index is -4.08. The summed E-state index contributed by atoms with van der Waals surface area (Å²) in [6, 6.07) is 12.7. The molecule has 0 saturated carbocycles. The molecule has 172 valence electrons. The molecule has 0 bridgehead atoms. The molecule has 1 fully saturated rings. The van der Waals surface area contributed by atoms with Gasteiger partial charge in [-0.3, -0.25) is 9.10 Å². The van der Waals surface area contributed by atoms with Crippen molar-refractivity contribution in [1.82, 2.24) is 10.3 Å². The van der Waals surface area contributed by atoms with Crippen LogP contribution < -0.4 is 19.2 Å². The number of likely N-dealkylation sites (tertiary alicyclic amines) is 1. The summed E-state index contributed by atoms with van der Waals surface area (Å²) in [7, 11) is 0.869. The molecule has 2 aromatic carbocycles. The summed E-state index contributed by atoms with van der Waals surface area (Å²) in [5.74, 6) is 0.168. The number of nitrogens with one attached hydrogen (secondary N) is 1. The molecular weight excluding hydrogens is 432 g/mol. The van der Waals surface area contributed by atoms with Crippen LogP contribution in [-0.2, 0) is 14.8 Å². The molecule has 3 rings (SSSR count). The molecule has 1 aliphatic heterocycles. The summed E-state index contributed by atoms with van der Waals surface area (Å²) in [4.78, 5) is 15.0. The van der Waals surface area contributed by atoms with Crippen LogP contribution in [-0.4, -0.2) is 65.8 Å². The van der Waals surface area contributed by atoms with Crippen LogP contribution in [0.2, 0.25) is 0 Å². The number of piperidine rings is 1. The third-order valence-corrected chi connectivity index (χ3v) is 6.95. The van der Waals surface area contributed by atoms with Gasteiger partial charge in [0.05, 0.1) is 24.8 Å². The van der Waals surface area contributed by atoms with E-state index in [9.17, 15) is 13.2 Å². The normalized spacial score (nSPS) is 14.5. The highest BCUT2D eigenvalue weighted by atomic mass is 32.2. The number of carbonyl (C=O) groups excluding carboxylic acids is 1. The third-order valence-electron chi connectivity index (χ3n) is 5.18. The van der Waals surface area contributed by atoms with Crippen LogP contribution >= 0.6 is 0 Å². The Hall–Kier alpha value is -3.11. The number of rotatable bonds is 8. The van der Waals surface area contributed by atoms with Crippen molar-refractivity contribution in [2.45, 2.75) is 17.7 Å². The average Bonchev–Trinajstić information content (AvgIpc) is 2.82. The first-order valence-electron chi connectivity index (χ1n) is 10.2. The van der Waals surface area contributed by atoms with Crippen molar-refractivity contribution >= 4 is 27.3 Å². The van der Waals surface area contributed by atoms with E-state index >= 15 is 0 Å². The molecule has 9 nitrogen and oxygen atoms in total. The minimum absolute atomic E-state index is 0.0549. The molecule has 1 heterocycles. The van der Waals surface area contributed by atoms with Crippen molar-refractivity contribution in [2.24, 2.45) is 5.10 Å². The van der Waals surface area contributed by atoms with E-state index in [-0.39, 0.29) is 10.6 Å². The van der Waals surface area contributed by atoms with Gasteiger partial charge in [0.25, 0.3) is 15.9 Å². The van der Waals surface area contributed by atoms with Gasteiger partial charge in [0.2, 0.25) is 0 Å². The number of methoxy groups -OCH3 is 2. The minimum Gasteiger partial charge on any atom is -0.497 e. The molecular formula is C22H28N4O5S. The number of anilines is 1. The van der Waals surface area contributed by atoms with Crippen LogP contribution in [0.3, 0.4) is 0 Å². The van der Waals surface area contributed by atoms with Gasteiger partial charge in [0.15, 0.2) is 0 Å². The van der Waals surface area contributed by atoms with Gasteiger partial charge in [-0.2, -0.15) is 5.10 Å². The Labute approximate surface area is 188 Å². The van der Waals surface area contributed by atoms with Crippen LogP contribution in [0.25, 0.3) is 0 Å². The second-order valence-electron chi connectivity index (χ2n) is 7.38. The van der Waals surface area contributed by atoms with E-state index in [4.69, 9.17) is 9.47 Å². The number of sulfonamides is 1. The van der Waals surface area contributed by atoms with Crippen molar-refractivity contribution < 1.29 is 22.7 Å². The molecule has 32 heavy (non-hydrogen) atoms. The fourth-order valence-electron chi connectivity index (χ4n) is 3.31. The van der Waals surface area contributed by atoms with E-state index in [1.165, 1.54) is 32.4 Å². The lowest BCUT2D eigenvalue weighted by atomic mass is 10.1. The lowest BCUT2D eigenvalue weighted by Crippen LogP contribution is -2.40. The molecule has 1 N–H and O–H groups in total. The molecule has 0 unspecified atom stereocenters. The number of nitrogens with zero attached hydrogens (tertiary/aromatic N) is 3. The van der Waals surface area contributed by atoms with Crippen LogP contribution in [0.4, 0.5) is 5.69 Å². The fraction of sp³-hybridized carbons (Fsp3) is 0.364. The number of hydrogen-bond donors (Lipinski definition) is 1. The number of hydrogen-bond acceptors (Lipinski definition) is 7. The Morgan fingerprint density at radius 1 is 1.09 bits per heavy atom. The van der Waals surface area contributed by atoms with Crippen LogP contribution in [0, 0.1) is 0 Å². The quantitative estimate of drug-likeness (QED) is 0.606. The summed E-state index contributed by atoms with van der Waals surface area (Å²) in [5, 5.41) is 4.21. The average molecular weight is 461 g/mol. The fourth-order valence-corrected chi connectivity index (χ4v) is 4.75. The maximum absolute atomic E-state index is 13.5. The van der Waals surface area contributed by atoms with Gasteiger partial charge >= 0.3 is 0 Å². The van der Waals surface area contributed by atoms with Gasteiger partial charge < -0.3 is 14.4 Å². The predicted molar refractivity (Wildman–Crippen MR) is 123 cm³/mol. The topological polar surface area (TPSA) is 101 Å². The van der Waals surface area contributed by atoms with Crippen molar-refractivity contribution in [2.75, 3.05) is 45.2 Å². The second-order valence-corrected chi connectivity index (χ2v) is 9.24. The number of benzene rings is 2. The Bertz CT molecular complexity index is 1060. The van der Waals surface area contributed by atoms with Gasteiger partial charge in [0, 0.05) is 37.7 Å². The second kappa shape index (κ2) is 10.5. The summed E-state index contributed by atoms with van der Waals surface area (Å²) < 4.78 is 38.6. The van der Waals surface area contributed by atoms with E-state index in [1.807, 2.05) is 7.05 Å². The van der Waals surface area contributed by atoms with E-state index in [1.54, 1.807) is 30.3 Å². The van der Waals surface area contributed by atoms with Crippen molar-refractivity contribution in [1.29, 1.82) is 0 Å². The summed E-state index contributed by atoms with van der Waals surface area (Å²) in [5.41, 5.74) is 3.58. The molecule has 2 aromatic rings. The molecule has 0 spiro atoms. The van der Waals surface area contributed by atoms with Gasteiger partial charge in [-0.25, -0.2) is 13.8 Å². The van der Waals surface area contributed by atoms with Crippen LogP contribution in [0.5, 0.6) is 11.5 Å². The molecule has 0 radical (unpaired) electrons. The van der Waals surface area contributed by atoms with Crippen molar-refractivity contribution in [3.8, 4) is 11.5 Å². The van der Waals surface area contributed by atoms with E-state index < -0.39 is 22.5 Å². The van der Waals surface area contributed by atoms with E-state index in [0.717, 1.165) is 35.9 Å². The van der Waals surface area contributed by atoms with Gasteiger partial charge in [0.1, 0.15) is 18.0 Å². The summed E-state index contributed by atoms with van der Waals surface area (Å²) in [6.45, 7) is 1.26. The molecule has 1 saturated heterocycles. The zero-order valence-corrected chi connectivity index (χ0v) is 19.3. The van der Waals surface area contributed by atoms with Gasteiger partial charge in [-0.1, -0.05) is 18.2 Å². The zero-order chi connectivity index (χ0) is 23.1.